The van der Waals surface area contributed by atoms with E-state index in [1.54, 1.807) is 7.11 Å². The van der Waals surface area contributed by atoms with Crippen LogP contribution in [-0.2, 0) is 19.3 Å². The van der Waals surface area contributed by atoms with E-state index in [9.17, 15) is 0 Å². The van der Waals surface area contributed by atoms with E-state index in [-0.39, 0.29) is 0 Å². The minimum atomic E-state index is 0.751. The molecule has 94 valence electrons. The Kier molecular flexibility index (Phi) is 4.30. The van der Waals surface area contributed by atoms with Crippen molar-refractivity contribution in [3.63, 3.8) is 0 Å². The Morgan fingerprint density at radius 3 is 2.88 bits per heavy atom. The van der Waals surface area contributed by atoms with Crippen LogP contribution in [0.15, 0.2) is 6.07 Å². The van der Waals surface area contributed by atoms with Gasteiger partial charge in [0.15, 0.2) is 0 Å². The van der Waals surface area contributed by atoms with E-state index in [1.165, 1.54) is 23.1 Å². The molecule has 0 heterocycles. The van der Waals surface area contributed by atoms with Gasteiger partial charge in [0.05, 0.1) is 12.1 Å². The van der Waals surface area contributed by atoms with Gasteiger partial charge in [-0.05, 0) is 61.8 Å². The molecule has 0 saturated carbocycles. The van der Waals surface area contributed by atoms with Crippen molar-refractivity contribution in [2.24, 2.45) is 5.73 Å². The molecule has 0 aromatic heterocycles. The number of benzene rings is 1. The maximum absolute atomic E-state index is 6.42. The lowest BCUT2D eigenvalue weighted by molar-refractivity contribution is 0.408. The Morgan fingerprint density at radius 2 is 2.18 bits per heavy atom. The van der Waals surface area contributed by atoms with Crippen molar-refractivity contribution in [2.75, 3.05) is 13.7 Å². The molecule has 1 aliphatic carbocycles. The van der Waals surface area contributed by atoms with Crippen LogP contribution < -0.4 is 10.5 Å². The first-order valence-corrected chi connectivity index (χ1v) is 6.73. The third-order valence-corrected chi connectivity index (χ3v) is 3.87. The number of halogens is 1. The molecule has 1 aromatic carbocycles. The number of rotatable bonds is 5. The molecule has 1 aromatic rings. The van der Waals surface area contributed by atoms with Crippen molar-refractivity contribution in [3.8, 4) is 5.75 Å². The quantitative estimate of drug-likeness (QED) is 0.819. The van der Waals surface area contributed by atoms with Crippen molar-refractivity contribution in [1.29, 1.82) is 0 Å². The average molecular weight is 254 g/mol. The summed E-state index contributed by atoms with van der Waals surface area (Å²) in [5, 5.41) is 0.838. The SMILES string of the molecule is COc1c(CCCCN)cc2c(c1Cl)CCC2. The lowest BCUT2D eigenvalue weighted by Crippen LogP contribution is -2.01. The molecule has 0 spiro atoms. The zero-order valence-electron chi connectivity index (χ0n) is 10.4. The van der Waals surface area contributed by atoms with Crippen molar-refractivity contribution < 1.29 is 4.74 Å². The summed E-state index contributed by atoms with van der Waals surface area (Å²) in [5.41, 5.74) is 9.48. The Balaban J connectivity index is 2.27. The van der Waals surface area contributed by atoms with Crippen LogP contribution in [0, 0.1) is 0 Å². The van der Waals surface area contributed by atoms with E-state index in [0.29, 0.717) is 0 Å². The largest absolute Gasteiger partial charge is 0.495 e. The van der Waals surface area contributed by atoms with Crippen LogP contribution in [0.4, 0.5) is 0 Å². The Bertz CT molecular complexity index is 404. The molecule has 2 rings (SSSR count). The molecule has 17 heavy (non-hydrogen) atoms. The van der Waals surface area contributed by atoms with E-state index < -0.39 is 0 Å². The van der Waals surface area contributed by atoms with Crippen molar-refractivity contribution in [3.05, 3.63) is 27.8 Å². The van der Waals surface area contributed by atoms with Gasteiger partial charge in [-0.2, -0.15) is 0 Å². The third kappa shape index (κ3) is 2.58. The molecule has 0 bridgehead atoms. The summed E-state index contributed by atoms with van der Waals surface area (Å²) in [5.74, 6) is 0.879. The van der Waals surface area contributed by atoms with Crippen molar-refractivity contribution >= 4 is 11.6 Å². The molecule has 1 aliphatic rings. The van der Waals surface area contributed by atoms with Gasteiger partial charge in [-0.25, -0.2) is 0 Å². The maximum Gasteiger partial charge on any atom is 0.140 e. The fraction of sp³-hybridized carbons (Fsp3) is 0.571. The third-order valence-electron chi connectivity index (χ3n) is 3.47. The molecule has 2 N–H and O–H groups in total. The smallest absolute Gasteiger partial charge is 0.140 e. The predicted molar refractivity (Wildman–Crippen MR) is 72.0 cm³/mol. The molecule has 0 amide bonds. The number of hydrogen-bond donors (Lipinski definition) is 1. The summed E-state index contributed by atoms with van der Waals surface area (Å²) >= 11 is 6.42. The monoisotopic (exact) mass is 253 g/mol. The van der Waals surface area contributed by atoms with Gasteiger partial charge >= 0.3 is 0 Å². The first-order valence-electron chi connectivity index (χ1n) is 6.35. The van der Waals surface area contributed by atoms with Gasteiger partial charge in [-0.3, -0.25) is 0 Å². The minimum absolute atomic E-state index is 0.751. The summed E-state index contributed by atoms with van der Waals surface area (Å²) in [7, 11) is 1.70. The highest BCUT2D eigenvalue weighted by molar-refractivity contribution is 6.33. The van der Waals surface area contributed by atoms with Gasteiger partial charge < -0.3 is 10.5 Å². The van der Waals surface area contributed by atoms with Crippen LogP contribution in [0.5, 0.6) is 5.75 Å². The van der Waals surface area contributed by atoms with Gasteiger partial charge in [-0.15, -0.1) is 0 Å². The minimum Gasteiger partial charge on any atom is -0.495 e. The van der Waals surface area contributed by atoms with E-state index in [1.807, 2.05) is 0 Å². The average Bonchev–Trinajstić information content (AvgIpc) is 2.78. The fourth-order valence-electron chi connectivity index (χ4n) is 2.60. The van der Waals surface area contributed by atoms with Crippen LogP contribution in [0.1, 0.15) is 36.0 Å². The van der Waals surface area contributed by atoms with Gasteiger partial charge in [0.25, 0.3) is 0 Å². The van der Waals surface area contributed by atoms with E-state index in [0.717, 1.165) is 49.4 Å². The molecular weight excluding hydrogens is 234 g/mol. The number of fused-ring (bicyclic) bond motifs is 1. The second-order valence-electron chi connectivity index (χ2n) is 4.62. The van der Waals surface area contributed by atoms with E-state index in [2.05, 4.69) is 6.07 Å². The zero-order chi connectivity index (χ0) is 12.3. The van der Waals surface area contributed by atoms with Crippen molar-refractivity contribution in [2.45, 2.75) is 38.5 Å². The number of aryl methyl sites for hydroxylation is 2. The number of methoxy groups -OCH3 is 1. The molecule has 0 atom stereocenters. The topological polar surface area (TPSA) is 35.2 Å². The predicted octanol–water partition coefficient (Wildman–Crippen LogP) is 3.12. The summed E-state index contributed by atoms with van der Waals surface area (Å²) < 4.78 is 5.47. The maximum atomic E-state index is 6.42. The molecule has 0 saturated heterocycles. The van der Waals surface area contributed by atoms with Gasteiger partial charge in [0.2, 0.25) is 0 Å². The lowest BCUT2D eigenvalue weighted by Gasteiger charge is -2.14. The first-order chi connectivity index (χ1) is 8.27. The van der Waals surface area contributed by atoms with Crippen LogP contribution in [0.2, 0.25) is 5.02 Å². The van der Waals surface area contributed by atoms with Crippen LogP contribution in [0.25, 0.3) is 0 Å². The first kappa shape index (κ1) is 12.7. The second-order valence-corrected chi connectivity index (χ2v) is 5.00. The summed E-state index contributed by atoms with van der Waals surface area (Å²) in [6, 6.07) is 2.28. The second kappa shape index (κ2) is 5.74. The van der Waals surface area contributed by atoms with Gasteiger partial charge in [0.1, 0.15) is 5.75 Å². The molecule has 0 radical (unpaired) electrons. The summed E-state index contributed by atoms with van der Waals surface area (Å²) in [6.45, 7) is 0.751. The normalized spacial score (nSPS) is 13.8. The molecule has 3 heteroatoms. The number of nitrogens with two attached hydrogens (primary N) is 1. The number of hydrogen-bond acceptors (Lipinski definition) is 2. The molecule has 0 aliphatic heterocycles. The summed E-state index contributed by atoms with van der Waals surface area (Å²) in [4.78, 5) is 0. The van der Waals surface area contributed by atoms with Gasteiger partial charge in [-0.1, -0.05) is 17.7 Å². The standard InChI is InChI=1S/C14H20ClNO/c1-17-14-11(5-2-3-8-16)9-10-6-4-7-12(10)13(14)15/h9H,2-8,16H2,1H3. The summed E-state index contributed by atoms with van der Waals surface area (Å²) in [6.07, 6.45) is 6.62. The highest BCUT2D eigenvalue weighted by Crippen LogP contribution is 2.39. The van der Waals surface area contributed by atoms with E-state index in [4.69, 9.17) is 22.1 Å². The lowest BCUT2D eigenvalue weighted by atomic mass is 10.0. The van der Waals surface area contributed by atoms with Gasteiger partial charge in [0, 0.05) is 0 Å². The zero-order valence-corrected chi connectivity index (χ0v) is 11.1. The molecule has 0 fully saturated rings. The number of ether oxygens (including phenoxy) is 1. The Morgan fingerprint density at radius 1 is 1.35 bits per heavy atom. The highest BCUT2D eigenvalue weighted by Gasteiger charge is 2.20. The number of unbranched alkanes of at least 4 members (excludes halogenated alkanes) is 1. The highest BCUT2D eigenvalue weighted by atomic mass is 35.5. The van der Waals surface area contributed by atoms with E-state index >= 15 is 0 Å². The van der Waals surface area contributed by atoms with Crippen molar-refractivity contribution in [1.82, 2.24) is 0 Å². The Hall–Kier alpha value is -0.730. The molecular formula is C14H20ClNO. The van der Waals surface area contributed by atoms with Crippen LogP contribution in [0.3, 0.4) is 0 Å². The molecule has 2 nitrogen and oxygen atoms in total. The van der Waals surface area contributed by atoms with Crippen LogP contribution >= 0.6 is 11.6 Å². The molecule has 0 unspecified atom stereocenters. The fourth-order valence-corrected chi connectivity index (χ4v) is 3.01. The Labute approximate surface area is 108 Å². The van der Waals surface area contributed by atoms with Crippen LogP contribution in [-0.4, -0.2) is 13.7 Å².